The van der Waals surface area contributed by atoms with Gasteiger partial charge < -0.3 is 11.1 Å². The monoisotopic (exact) mass is 201 g/mol. The third-order valence-electron chi connectivity index (χ3n) is 1.05. The van der Waals surface area contributed by atoms with Crippen LogP contribution in [0.5, 0.6) is 0 Å². The molecule has 0 saturated heterocycles. The van der Waals surface area contributed by atoms with Crippen molar-refractivity contribution in [1.82, 2.24) is 4.37 Å². The second-order valence-corrected chi connectivity index (χ2v) is 3.29. The number of aromatic nitrogens is 1. The van der Waals surface area contributed by atoms with E-state index >= 15 is 0 Å². The Labute approximate surface area is 78.9 Å². The zero-order chi connectivity index (χ0) is 8.97. The minimum Gasteiger partial charge on any atom is -0.393 e. The van der Waals surface area contributed by atoms with Crippen molar-refractivity contribution in [2.75, 3.05) is 5.32 Å². The Morgan fingerprint density at radius 1 is 1.83 bits per heavy atom. The Kier molecular flexibility index (Phi) is 3.12. The van der Waals surface area contributed by atoms with E-state index < -0.39 is 0 Å². The number of hydrogen-bond donors (Lipinski definition) is 2. The highest BCUT2D eigenvalue weighted by molar-refractivity contribution is 7.80. The van der Waals surface area contributed by atoms with Crippen LogP contribution in [0.2, 0.25) is 0 Å². The van der Waals surface area contributed by atoms with Crippen molar-refractivity contribution in [3.05, 3.63) is 11.6 Å². The van der Waals surface area contributed by atoms with Gasteiger partial charge in [-0.2, -0.15) is 4.37 Å². The minimum absolute atomic E-state index is 0.0746. The molecule has 1 rings (SSSR count). The van der Waals surface area contributed by atoms with Crippen molar-refractivity contribution in [3.8, 4) is 0 Å². The van der Waals surface area contributed by atoms with Gasteiger partial charge in [0, 0.05) is 5.38 Å². The van der Waals surface area contributed by atoms with Gasteiger partial charge in [-0.25, -0.2) is 0 Å². The van der Waals surface area contributed by atoms with E-state index in [-0.39, 0.29) is 17.3 Å². The normalized spacial score (nSPS) is 9.33. The molecule has 0 bridgehead atoms. The molecule has 0 aromatic carbocycles. The Balaban J connectivity index is 2.42. The van der Waals surface area contributed by atoms with E-state index in [2.05, 4.69) is 21.9 Å². The molecule has 6 heteroatoms. The highest BCUT2D eigenvalue weighted by atomic mass is 32.1. The predicted molar refractivity (Wildman–Crippen MR) is 52.1 cm³/mol. The van der Waals surface area contributed by atoms with Crippen molar-refractivity contribution >= 4 is 40.3 Å². The molecule has 0 unspecified atom stereocenters. The molecular formula is C6H7N3OS2. The van der Waals surface area contributed by atoms with E-state index in [1.807, 2.05) is 0 Å². The molecular weight excluding hydrogens is 194 g/mol. The molecule has 64 valence electrons. The molecule has 1 heterocycles. The van der Waals surface area contributed by atoms with Crippen molar-refractivity contribution in [3.63, 3.8) is 0 Å². The highest BCUT2D eigenvalue weighted by Gasteiger charge is 2.03. The first-order chi connectivity index (χ1) is 5.68. The fourth-order valence-corrected chi connectivity index (χ4v) is 1.23. The van der Waals surface area contributed by atoms with Crippen LogP contribution in [0.3, 0.4) is 0 Å². The number of carbonyl (C=O) groups is 1. The van der Waals surface area contributed by atoms with Gasteiger partial charge in [0.2, 0.25) is 5.91 Å². The summed E-state index contributed by atoms with van der Waals surface area (Å²) >= 11 is 5.84. The first-order valence-electron chi connectivity index (χ1n) is 3.16. The molecule has 12 heavy (non-hydrogen) atoms. The van der Waals surface area contributed by atoms with Gasteiger partial charge in [-0.1, -0.05) is 12.2 Å². The molecule has 0 atom stereocenters. The highest BCUT2D eigenvalue weighted by Crippen LogP contribution is 2.07. The quantitative estimate of drug-likeness (QED) is 0.708. The zero-order valence-corrected chi connectivity index (χ0v) is 7.74. The summed E-state index contributed by atoms with van der Waals surface area (Å²) in [6, 6.07) is 0. The molecule has 1 aromatic rings. The van der Waals surface area contributed by atoms with E-state index in [4.69, 9.17) is 5.73 Å². The van der Waals surface area contributed by atoms with E-state index in [0.717, 1.165) is 0 Å². The Bertz CT molecular complexity index is 283. The lowest BCUT2D eigenvalue weighted by Gasteiger charge is -1.99. The van der Waals surface area contributed by atoms with Crippen LogP contribution in [-0.4, -0.2) is 15.3 Å². The van der Waals surface area contributed by atoms with Crippen molar-refractivity contribution in [2.24, 2.45) is 5.73 Å². The van der Waals surface area contributed by atoms with Gasteiger partial charge in [0.05, 0.1) is 23.3 Å². The fraction of sp³-hybridized carbons (Fsp3) is 0.167. The number of nitrogens with zero attached hydrogens (tertiary/aromatic N) is 1. The van der Waals surface area contributed by atoms with Crippen LogP contribution in [0.4, 0.5) is 5.69 Å². The van der Waals surface area contributed by atoms with Crippen LogP contribution in [0.25, 0.3) is 0 Å². The SMILES string of the molecule is NC(=S)CC(=O)Nc1cnsc1. The number of nitrogens with two attached hydrogens (primary N) is 1. The lowest BCUT2D eigenvalue weighted by molar-refractivity contribution is -0.115. The molecule has 4 nitrogen and oxygen atoms in total. The second kappa shape index (κ2) is 4.13. The molecule has 0 radical (unpaired) electrons. The number of rotatable bonds is 3. The summed E-state index contributed by atoms with van der Waals surface area (Å²) < 4.78 is 3.82. The van der Waals surface area contributed by atoms with E-state index in [9.17, 15) is 4.79 Å². The van der Waals surface area contributed by atoms with Crippen LogP contribution in [-0.2, 0) is 4.79 Å². The maximum atomic E-state index is 11.0. The molecule has 0 fully saturated rings. The van der Waals surface area contributed by atoms with Crippen LogP contribution in [0, 0.1) is 0 Å². The summed E-state index contributed by atoms with van der Waals surface area (Å²) in [7, 11) is 0. The summed E-state index contributed by atoms with van der Waals surface area (Å²) in [5.41, 5.74) is 5.86. The first-order valence-corrected chi connectivity index (χ1v) is 4.40. The maximum absolute atomic E-state index is 11.0. The summed E-state index contributed by atoms with van der Waals surface area (Å²) in [5, 5.41) is 4.33. The fourth-order valence-electron chi connectivity index (χ4n) is 0.630. The topological polar surface area (TPSA) is 68.0 Å². The van der Waals surface area contributed by atoms with Crippen LogP contribution < -0.4 is 11.1 Å². The van der Waals surface area contributed by atoms with E-state index in [1.54, 1.807) is 11.6 Å². The Morgan fingerprint density at radius 2 is 2.58 bits per heavy atom. The number of amides is 1. The number of anilines is 1. The zero-order valence-electron chi connectivity index (χ0n) is 6.11. The Hall–Kier alpha value is -1.01. The van der Waals surface area contributed by atoms with E-state index in [0.29, 0.717) is 5.69 Å². The van der Waals surface area contributed by atoms with Crippen LogP contribution >= 0.6 is 23.8 Å². The van der Waals surface area contributed by atoms with Gasteiger partial charge in [0.25, 0.3) is 0 Å². The first kappa shape index (κ1) is 9.08. The van der Waals surface area contributed by atoms with Crippen molar-refractivity contribution in [2.45, 2.75) is 6.42 Å². The molecule has 0 saturated carbocycles. The van der Waals surface area contributed by atoms with Gasteiger partial charge in [-0.05, 0) is 11.5 Å². The summed E-state index contributed by atoms with van der Waals surface area (Å²) in [6.07, 6.45) is 1.65. The lowest BCUT2D eigenvalue weighted by Crippen LogP contribution is -2.19. The average Bonchev–Trinajstić information content (AvgIpc) is 2.37. The summed E-state index contributed by atoms with van der Waals surface area (Å²) in [6.45, 7) is 0. The van der Waals surface area contributed by atoms with Gasteiger partial charge in [0.1, 0.15) is 0 Å². The summed E-state index contributed by atoms with van der Waals surface area (Å²) in [5.74, 6) is -0.206. The molecule has 0 aliphatic carbocycles. The largest absolute Gasteiger partial charge is 0.393 e. The lowest BCUT2D eigenvalue weighted by atomic mass is 10.4. The Morgan fingerprint density at radius 3 is 3.08 bits per heavy atom. The molecule has 1 aromatic heterocycles. The smallest absolute Gasteiger partial charge is 0.231 e. The van der Waals surface area contributed by atoms with Crippen LogP contribution in [0.15, 0.2) is 11.6 Å². The standard InChI is InChI=1S/C6H7N3OS2/c7-5(11)1-6(10)9-4-2-8-12-3-4/h2-3H,1H2,(H2,7,11)(H,9,10). The number of hydrogen-bond acceptors (Lipinski definition) is 4. The molecule has 0 spiro atoms. The third-order valence-corrected chi connectivity index (χ3v) is 1.78. The summed E-state index contributed by atoms with van der Waals surface area (Å²) in [4.78, 5) is 11.2. The molecule has 1 amide bonds. The number of thiocarbonyl (C=S) groups is 1. The molecule has 3 N–H and O–H groups in total. The van der Waals surface area contributed by atoms with Gasteiger partial charge in [0.15, 0.2) is 0 Å². The van der Waals surface area contributed by atoms with Crippen molar-refractivity contribution < 1.29 is 4.79 Å². The second-order valence-electron chi connectivity index (χ2n) is 2.10. The van der Waals surface area contributed by atoms with Gasteiger partial charge in [-0.3, -0.25) is 4.79 Å². The predicted octanol–water partition coefficient (Wildman–Crippen LogP) is 0.758. The van der Waals surface area contributed by atoms with E-state index in [1.165, 1.54) is 11.5 Å². The van der Waals surface area contributed by atoms with Crippen molar-refractivity contribution in [1.29, 1.82) is 0 Å². The average molecular weight is 201 g/mol. The third kappa shape index (κ3) is 2.93. The maximum Gasteiger partial charge on any atom is 0.231 e. The minimum atomic E-state index is -0.206. The van der Waals surface area contributed by atoms with Gasteiger partial charge in [-0.15, -0.1) is 0 Å². The van der Waals surface area contributed by atoms with Gasteiger partial charge >= 0.3 is 0 Å². The van der Waals surface area contributed by atoms with Crippen LogP contribution in [0.1, 0.15) is 6.42 Å². The number of nitrogens with one attached hydrogen (secondary N) is 1. The molecule has 0 aliphatic heterocycles. The number of carbonyl (C=O) groups excluding carboxylic acids is 1. The molecule has 0 aliphatic rings.